The van der Waals surface area contributed by atoms with Crippen molar-refractivity contribution >= 4 is 11.8 Å². The monoisotopic (exact) mass is 381 g/mol. The van der Waals surface area contributed by atoms with Gasteiger partial charge in [0.25, 0.3) is 0 Å². The minimum atomic E-state index is -0.169. The number of hydrogen-bond acceptors (Lipinski definition) is 4. The summed E-state index contributed by atoms with van der Waals surface area (Å²) in [6, 6.07) is 9.72. The average molecular weight is 381 g/mol. The zero-order valence-electron chi connectivity index (χ0n) is 16.7. The first-order chi connectivity index (χ1) is 13.5. The highest BCUT2D eigenvalue weighted by Gasteiger charge is 2.29. The van der Waals surface area contributed by atoms with Gasteiger partial charge in [-0.15, -0.1) is 0 Å². The van der Waals surface area contributed by atoms with Gasteiger partial charge in [0.15, 0.2) is 0 Å². The van der Waals surface area contributed by atoms with Gasteiger partial charge >= 0.3 is 0 Å². The molecule has 0 spiro atoms. The van der Waals surface area contributed by atoms with Crippen LogP contribution in [0.25, 0.3) is 0 Å². The molecular weight excluding hydrogens is 354 g/mol. The van der Waals surface area contributed by atoms with Gasteiger partial charge in [-0.05, 0) is 44.4 Å². The van der Waals surface area contributed by atoms with Crippen molar-refractivity contribution in [3.63, 3.8) is 0 Å². The summed E-state index contributed by atoms with van der Waals surface area (Å²) in [6.07, 6.45) is 2.71. The Hall–Kier alpha value is -2.89. The number of nitrogens with one attached hydrogen (secondary N) is 1. The van der Waals surface area contributed by atoms with Crippen LogP contribution < -0.4 is 10.1 Å². The van der Waals surface area contributed by atoms with E-state index in [-0.39, 0.29) is 17.7 Å². The summed E-state index contributed by atoms with van der Waals surface area (Å²) in [5, 5.41) is 2.99. The van der Waals surface area contributed by atoms with E-state index in [1.807, 2.05) is 51.1 Å². The molecule has 0 aliphatic carbocycles. The van der Waals surface area contributed by atoms with Crippen molar-refractivity contribution in [3.8, 4) is 11.6 Å². The van der Waals surface area contributed by atoms with Crippen LogP contribution in [0.5, 0.6) is 11.6 Å². The molecule has 6 nitrogen and oxygen atoms in total. The highest BCUT2D eigenvalue weighted by molar-refractivity contribution is 5.83. The van der Waals surface area contributed by atoms with Crippen LogP contribution in [0.4, 0.5) is 0 Å². The molecule has 0 saturated carbocycles. The van der Waals surface area contributed by atoms with Gasteiger partial charge in [0.2, 0.25) is 17.7 Å². The number of amides is 2. The van der Waals surface area contributed by atoms with Crippen molar-refractivity contribution in [2.24, 2.45) is 5.92 Å². The summed E-state index contributed by atoms with van der Waals surface area (Å²) >= 11 is 0. The lowest BCUT2D eigenvalue weighted by Gasteiger charge is -2.31. The van der Waals surface area contributed by atoms with E-state index in [2.05, 4.69) is 10.3 Å². The first-order valence-electron chi connectivity index (χ1n) is 9.73. The molecule has 1 aromatic heterocycles. The number of hydrogen-bond donors (Lipinski definition) is 1. The summed E-state index contributed by atoms with van der Waals surface area (Å²) in [7, 11) is 0. The lowest BCUT2D eigenvalue weighted by Crippen LogP contribution is -2.45. The molecule has 1 fully saturated rings. The van der Waals surface area contributed by atoms with E-state index in [0.717, 1.165) is 22.4 Å². The fraction of sp³-hybridized carbons (Fsp3) is 0.409. The van der Waals surface area contributed by atoms with Gasteiger partial charge < -0.3 is 15.0 Å². The van der Waals surface area contributed by atoms with E-state index < -0.39 is 0 Å². The van der Waals surface area contributed by atoms with Crippen LogP contribution in [0, 0.1) is 19.8 Å². The predicted molar refractivity (Wildman–Crippen MR) is 107 cm³/mol. The fourth-order valence-corrected chi connectivity index (χ4v) is 3.47. The van der Waals surface area contributed by atoms with E-state index in [4.69, 9.17) is 4.74 Å². The average Bonchev–Trinajstić information content (AvgIpc) is 2.70. The topological polar surface area (TPSA) is 71.5 Å². The minimum Gasteiger partial charge on any atom is -0.438 e. The molecule has 2 aromatic rings. The summed E-state index contributed by atoms with van der Waals surface area (Å²) < 4.78 is 6.08. The number of carbonyl (C=O) groups excluding carboxylic acids is 2. The predicted octanol–water partition coefficient (Wildman–Crippen LogP) is 3.37. The summed E-state index contributed by atoms with van der Waals surface area (Å²) in [5.74, 6) is 1.21. The van der Waals surface area contributed by atoms with Crippen LogP contribution in [-0.2, 0) is 16.1 Å². The Labute approximate surface area is 165 Å². The van der Waals surface area contributed by atoms with Gasteiger partial charge in [-0.2, -0.15) is 0 Å². The summed E-state index contributed by atoms with van der Waals surface area (Å²) in [4.78, 5) is 30.5. The van der Waals surface area contributed by atoms with E-state index in [0.29, 0.717) is 38.4 Å². The highest BCUT2D eigenvalue weighted by atomic mass is 16.5. The van der Waals surface area contributed by atoms with Crippen LogP contribution in [0.15, 0.2) is 36.5 Å². The van der Waals surface area contributed by atoms with E-state index in [9.17, 15) is 9.59 Å². The Kier molecular flexibility index (Phi) is 6.29. The zero-order valence-corrected chi connectivity index (χ0v) is 16.7. The Balaban J connectivity index is 1.67. The molecule has 0 radical (unpaired) electrons. The van der Waals surface area contributed by atoms with Gasteiger partial charge in [-0.3, -0.25) is 9.59 Å². The summed E-state index contributed by atoms with van der Waals surface area (Å²) in [6.45, 7) is 7.39. The normalized spacial score (nSPS) is 16.8. The maximum absolute atomic E-state index is 12.6. The van der Waals surface area contributed by atoms with Crippen LogP contribution in [0.3, 0.4) is 0 Å². The van der Waals surface area contributed by atoms with E-state index in [1.54, 1.807) is 11.1 Å². The molecule has 3 rings (SSSR count). The molecular formula is C22H27N3O3. The van der Waals surface area contributed by atoms with Crippen molar-refractivity contribution in [1.82, 2.24) is 15.2 Å². The fourth-order valence-electron chi connectivity index (χ4n) is 3.47. The number of piperidine rings is 1. The first kappa shape index (κ1) is 19.9. The van der Waals surface area contributed by atoms with Gasteiger partial charge in [0.1, 0.15) is 5.75 Å². The third kappa shape index (κ3) is 4.50. The molecule has 0 bridgehead atoms. The number of aromatic nitrogens is 1. The smallest absolute Gasteiger partial charge is 0.225 e. The number of nitrogens with zero attached hydrogens (tertiary/aromatic N) is 2. The maximum Gasteiger partial charge on any atom is 0.225 e. The summed E-state index contributed by atoms with van der Waals surface area (Å²) in [5.41, 5.74) is 2.89. The van der Waals surface area contributed by atoms with Crippen molar-refractivity contribution < 1.29 is 14.3 Å². The van der Waals surface area contributed by atoms with Gasteiger partial charge in [-0.1, -0.05) is 24.3 Å². The van der Waals surface area contributed by atoms with Crippen LogP contribution in [-0.4, -0.2) is 34.8 Å². The number of aryl methyl sites for hydroxylation is 2. The second-order valence-corrected chi connectivity index (χ2v) is 7.18. The number of ether oxygens (including phenoxy) is 1. The Morgan fingerprint density at radius 1 is 1.25 bits per heavy atom. The maximum atomic E-state index is 12.6. The molecule has 1 atom stereocenters. The number of pyridine rings is 1. The van der Waals surface area contributed by atoms with Gasteiger partial charge in [0.05, 0.1) is 5.92 Å². The molecule has 6 heteroatoms. The first-order valence-corrected chi connectivity index (χ1v) is 9.73. The number of carbonyl (C=O) groups is 2. The van der Waals surface area contributed by atoms with Crippen molar-refractivity contribution in [1.29, 1.82) is 0 Å². The van der Waals surface area contributed by atoms with Crippen LogP contribution in [0.2, 0.25) is 0 Å². The Bertz CT molecular complexity index is 846. The Morgan fingerprint density at radius 3 is 2.71 bits per heavy atom. The SMILES string of the molecule is CCN1C[C@@H](C(=O)NCc2cccnc2Oc2c(C)cccc2C)CCC1=O. The molecule has 1 aliphatic rings. The Morgan fingerprint density at radius 2 is 2.00 bits per heavy atom. The minimum absolute atomic E-state index is 0.0344. The van der Waals surface area contributed by atoms with Crippen molar-refractivity contribution in [3.05, 3.63) is 53.2 Å². The van der Waals surface area contributed by atoms with E-state index >= 15 is 0 Å². The highest BCUT2D eigenvalue weighted by Crippen LogP contribution is 2.29. The number of rotatable bonds is 6. The molecule has 28 heavy (non-hydrogen) atoms. The van der Waals surface area contributed by atoms with Crippen LogP contribution in [0.1, 0.15) is 36.5 Å². The lowest BCUT2D eigenvalue weighted by molar-refractivity contribution is -0.138. The number of benzene rings is 1. The molecule has 1 aliphatic heterocycles. The second kappa shape index (κ2) is 8.87. The molecule has 148 valence electrons. The lowest BCUT2D eigenvalue weighted by atomic mass is 9.96. The standard InChI is InChI=1S/C22H27N3O3/c1-4-25-14-18(10-11-19(25)26)21(27)24-13-17-9-6-12-23-22(17)28-20-15(2)7-5-8-16(20)3/h5-9,12,18H,4,10-11,13-14H2,1-3H3,(H,24,27)/t18-/m0/s1. The second-order valence-electron chi connectivity index (χ2n) is 7.18. The van der Waals surface area contributed by atoms with Crippen LogP contribution >= 0.6 is 0 Å². The number of para-hydroxylation sites is 1. The molecule has 0 unspecified atom stereocenters. The molecule has 2 amide bonds. The van der Waals surface area contributed by atoms with E-state index in [1.165, 1.54) is 0 Å². The third-order valence-corrected chi connectivity index (χ3v) is 5.16. The largest absolute Gasteiger partial charge is 0.438 e. The third-order valence-electron chi connectivity index (χ3n) is 5.16. The zero-order chi connectivity index (χ0) is 20.1. The number of likely N-dealkylation sites (tertiary alicyclic amines) is 1. The van der Waals surface area contributed by atoms with Crippen molar-refractivity contribution in [2.75, 3.05) is 13.1 Å². The molecule has 1 N–H and O–H groups in total. The molecule has 1 saturated heterocycles. The van der Waals surface area contributed by atoms with Gasteiger partial charge in [0, 0.05) is 37.8 Å². The molecule has 2 heterocycles. The van der Waals surface area contributed by atoms with Crippen molar-refractivity contribution in [2.45, 2.75) is 40.2 Å². The molecule has 1 aromatic carbocycles. The quantitative estimate of drug-likeness (QED) is 0.833. The van der Waals surface area contributed by atoms with Gasteiger partial charge in [-0.25, -0.2) is 4.98 Å².